The summed E-state index contributed by atoms with van der Waals surface area (Å²) in [4.78, 5) is 15.2. The third-order valence-electron chi connectivity index (χ3n) is 3.39. The third-order valence-corrected chi connectivity index (χ3v) is 3.39. The molecule has 1 heterocycles. The van der Waals surface area contributed by atoms with Gasteiger partial charge in [0.25, 0.3) is 5.91 Å². The first kappa shape index (κ1) is 13.1. The number of amides is 1. The van der Waals surface area contributed by atoms with Gasteiger partial charge in [0.1, 0.15) is 0 Å². The first-order valence-corrected chi connectivity index (χ1v) is 6.71. The van der Waals surface area contributed by atoms with Crippen molar-refractivity contribution in [3.05, 3.63) is 71.4 Å². The highest BCUT2D eigenvalue weighted by Gasteiger charge is 2.10. The number of aromatic amines is 1. The molecule has 0 aliphatic carbocycles. The maximum Gasteiger partial charge on any atom is 0.273 e. The number of nitrogens with one attached hydrogen (secondary N) is 2. The second-order valence-corrected chi connectivity index (χ2v) is 4.80. The molecule has 4 nitrogen and oxygen atoms in total. The predicted octanol–water partition coefficient (Wildman–Crippen LogP) is 3.24. The van der Waals surface area contributed by atoms with Crippen molar-refractivity contribution < 1.29 is 4.79 Å². The van der Waals surface area contributed by atoms with Gasteiger partial charge in [0, 0.05) is 17.1 Å². The molecule has 0 saturated carbocycles. The van der Waals surface area contributed by atoms with Crippen LogP contribution in [-0.2, 0) is 0 Å². The van der Waals surface area contributed by atoms with Crippen LogP contribution in [0.25, 0.3) is 10.9 Å². The maximum atomic E-state index is 12.2. The number of rotatable bonds is 3. The van der Waals surface area contributed by atoms with E-state index >= 15 is 0 Å². The molecule has 0 fully saturated rings. The highest BCUT2D eigenvalue weighted by molar-refractivity contribution is 6.06. The van der Waals surface area contributed by atoms with E-state index in [0.29, 0.717) is 5.56 Å². The minimum Gasteiger partial charge on any atom is -0.360 e. The monoisotopic (exact) mass is 277 g/mol. The fourth-order valence-electron chi connectivity index (χ4n) is 2.21. The van der Waals surface area contributed by atoms with Crippen molar-refractivity contribution in [3.63, 3.8) is 0 Å². The summed E-state index contributed by atoms with van der Waals surface area (Å²) in [5.74, 6) is -0.225. The smallest absolute Gasteiger partial charge is 0.273 e. The van der Waals surface area contributed by atoms with E-state index in [1.165, 1.54) is 0 Å². The Balaban J connectivity index is 1.77. The van der Waals surface area contributed by atoms with E-state index in [1.807, 2.05) is 55.5 Å². The normalized spacial score (nSPS) is 11.1. The number of para-hydroxylation sites is 1. The van der Waals surface area contributed by atoms with Crippen molar-refractivity contribution in [2.24, 2.45) is 5.10 Å². The van der Waals surface area contributed by atoms with E-state index in [1.54, 1.807) is 12.4 Å². The van der Waals surface area contributed by atoms with Gasteiger partial charge < -0.3 is 4.98 Å². The number of aryl methyl sites for hydroxylation is 1. The zero-order chi connectivity index (χ0) is 14.7. The van der Waals surface area contributed by atoms with Crippen molar-refractivity contribution in [2.45, 2.75) is 6.92 Å². The highest BCUT2D eigenvalue weighted by Crippen LogP contribution is 2.17. The minimum absolute atomic E-state index is 0.225. The molecule has 4 heteroatoms. The number of hydrazone groups is 1. The molecule has 21 heavy (non-hydrogen) atoms. The van der Waals surface area contributed by atoms with Crippen LogP contribution in [0.15, 0.2) is 59.8 Å². The number of carbonyl (C=O) groups is 1. The quantitative estimate of drug-likeness (QED) is 0.560. The molecule has 0 spiro atoms. The average molecular weight is 277 g/mol. The molecular weight excluding hydrogens is 262 g/mol. The number of fused-ring (bicyclic) bond motifs is 1. The Morgan fingerprint density at radius 1 is 1.14 bits per heavy atom. The number of carbonyl (C=O) groups excluding carboxylic acids is 1. The van der Waals surface area contributed by atoms with Crippen LogP contribution in [-0.4, -0.2) is 17.1 Å². The molecule has 3 rings (SSSR count). The van der Waals surface area contributed by atoms with E-state index in [-0.39, 0.29) is 5.91 Å². The largest absolute Gasteiger partial charge is 0.360 e. The Labute approximate surface area is 122 Å². The minimum atomic E-state index is -0.225. The van der Waals surface area contributed by atoms with Crippen LogP contribution in [0.3, 0.4) is 0 Å². The van der Waals surface area contributed by atoms with Crippen LogP contribution in [0.1, 0.15) is 21.5 Å². The first-order chi connectivity index (χ1) is 10.3. The second kappa shape index (κ2) is 5.63. The molecule has 0 saturated heterocycles. The lowest BCUT2D eigenvalue weighted by molar-refractivity contribution is 0.0957. The van der Waals surface area contributed by atoms with Gasteiger partial charge in [-0.25, -0.2) is 5.43 Å². The molecule has 3 aromatic rings. The summed E-state index contributed by atoms with van der Waals surface area (Å²) in [6.07, 6.45) is 3.35. The van der Waals surface area contributed by atoms with Crippen molar-refractivity contribution >= 4 is 23.0 Å². The van der Waals surface area contributed by atoms with Gasteiger partial charge in [0.2, 0.25) is 0 Å². The standard InChI is InChI=1S/C17H15N3O/c1-12-6-2-3-7-13(12)10-19-20-17(21)15-11-18-16-9-5-4-8-14(15)16/h2-11,18H,1H3,(H,20,21). The molecule has 0 aliphatic heterocycles. The topological polar surface area (TPSA) is 57.2 Å². The number of nitrogens with zero attached hydrogens (tertiary/aromatic N) is 1. The van der Waals surface area contributed by atoms with Gasteiger partial charge in [-0.05, 0) is 24.1 Å². The number of hydrogen-bond donors (Lipinski definition) is 2. The number of aromatic nitrogens is 1. The Hall–Kier alpha value is -2.88. The van der Waals surface area contributed by atoms with Crippen LogP contribution in [0.4, 0.5) is 0 Å². The molecule has 1 amide bonds. The summed E-state index contributed by atoms with van der Waals surface area (Å²) >= 11 is 0. The lowest BCUT2D eigenvalue weighted by atomic mass is 10.1. The summed E-state index contributed by atoms with van der Waals surface area (Å²) in [5, 5.41) is 4.92. The first-order valence-electron chi connectivity index (χ1n) is 6.71. The molecule has 0 aliphatic rings. The zero-order valence-electron chi connectivity index (χ0n) is 11.6. The maximum absolute atomic E-state index is 12.2. The van der Waals surface area contributed by atoms with Crippen molar-refractivity contribution in [1.29, 1.82) is 0 Å². The van der Waals surface area contributed by atoms with E-state index in [4.69, 9.17) is 0 Å². The predicted molar refractivity (Wildman–Crippen MR) is 84.5 cm³/mol. The van der Waals surface area contributed by atoms with Gasteiger partial charge in [0.15, 0.2) is 0 Å². The molecule has 0 radical (unpaired) electrons. The van der Waals surface area contributed by atoms with E-state index in [2.05, 4.69) is 15.5 Å². The molecule has 0 bridgehead atoms. The summed E-state index contributed by atoms with van der Waals surface area (Å²) < 4.78 is 0. The van der Waals surface area contributed by atoms with Gasteiger partial charge >= 0.3 is 0 Å². The van der Waals surface area contributed by atoms with Gasteiger partial charge in [-0.3, -0.25) is 4.79 Å². The van der Waals surface area contributed by atoms with Gasteiger partial charge in [0.05, 0.1) is 11.8 Å². The van der Waals surface area contributed by atoms with E-state index < -0.39 is 0 Å². The van der Waals surface area contributed by atoms with Crippen LogP contribution in [0.2, 0.25) is 0 Å². The Morgan fingerprint density at radius 3 is 2.76 bits per heavy atom. The van der Waals surface area contributed by atoms with Gasteiger partial charge in [-0.1, -0.05) is 42.5 Å². The lowest BCUT2D eigenvalue weighted by Crippen LogP contribution is -2.17. The summed E-state index contributed by atoms with van der Waals surface area (Å²) in [5.41, 5.74) is 6.19. The van der Waals surface area contributed by atoms with Gasteiger partial charge in [-0.15, -0.1) is 0 Å². The number of benzene rings is 2. The highest BCUT2D eigenvalue weighted by atomic mass is 16.2. The summed E-state index contributed by atoms with van der Waals surface area (Å²) in [6, 6.07) is 15.5. The van der Waals surface area contributed by atoms with E-state index in [9.17, 15) is 4.79 Å². The van der Waals surface area contributed by atoms with Crippen molar-refractivity contribution in [1.82, 2.24) is 10.4 Å². The molecular formula is C17H15N3O. The zero-order valence-corrected chi connectivity index (χ0v) is 11.6. The summed E-state index contributed by atoms with van der Waals surface area (Å²) in [7, 11) is 0. The Kier molecular flexibility index (Phi) is 3.51. The molecule has 0 unspecified atom stereocenters. The molecule has 0 atom stereocenters. The van der Waals surface area contributed by atoms with Crippen LogP contribution in [0, 0.1) is 6.92 Å². The SMILES string of the molecule is Cc1ccccc1C=NNC(=O)c1c[nH]c2ccccc12. The van der Waals surface area contributed by atoms with Crippen molar-refractivity contribution in [3.8, 4) is 0 Å². The molecule has 2 N–H and O–H groups in total. The third kappa shape index (κ3) is 2.69. The summed E-state index contributed by atoms with van der Waals surface area (Å²) in [6.45, 7) is 2.00. The fourth-order valence-corrected chi connectivity index (χ4v) is 2.21. The van der Waals surface area contributed by atoms with Crippen molar-refractivity contribution in [2.75, 3.05) is 0 Å². The number of H-pyrrole nitrogens is 1. The van der Waals surface area contributed by atoms with Crippen LogP contribution in [0.5, 0.6) is 0 Å². The Morgan fingerprint density at radius 2 is 1.90 bits per heavy atom. The second-order valence-electron chi connectivity index (χ2n) is 4.80. The van der Waals surface area contributed by atoms with Crippen LogP contribution >= 0.6 is 0 Å². The fraction of sp³-hybridized carbons (Fsp3) is 0.0588. The molecule has 1 aromatic heterocycles. The lowest BCUT2D eigenvalue weighted by Gasteiger charge is -2.00. The Bertz CT molecular complexity index is 818. The van der Waals surface area contributed by atoms with Gasteiger partial charge in [-0.2, -0.15) is 5.10 Å². The molecule has 104 valence electrons. The average Bonchev–Trinajstić information content (AvgIpc) is 2.93. The van der Waals surface area contributed by atoms with E-state index in [0.717, 1.165) is 22.0 Å². The number of hydrogen-bond acceptors (Lipinski definition) is 2. The van der Waals surface area contributed by atoms with Crippen LogP contribution < -0.4 is 5.43 Å². The molecule has 2 aromatic carbocycles.